The van der Waals surface area contributed by atoms with Crippen LogP contribution < -0.4 is 0 Å². The first-order valence-electron chi connectivity index (χ1n) is 6.17. The highest BCUT2D eigenvalue weighted by atomic mass is 16.5. The Labute approximate surface area is 107 Å². The molecule has 1 aromatic carbocycles. The second-order valence-corrected chi connectivity index (χ2v) is 4.42. The molecule has 96 valence electrons. The number of nitrogens with zero attached hydrogens (tertiary/aromatic N) is 1. The largest absolute Gasteiger partial charge is 0.460 e. The van der Waals surface area contributed by atoms with Crippen LogP contribution in [0.3, 0.4) is 0 Å². The summed E-state index contributed by atoms with van der Waals surface area (Å²) in [5.74, 6) is -0.190. The van der Waals surface area contributed by atoms with Crippen LogP contribution in [0, 0.1) is 0 Å². The molecule has 18 heavy (non-hydrogen) atoms. The fourth-order valence-corrected chi connectivity index (χ4v) is 2.14. The van der Waals surface area contributed by atoms with Crippen molar-refractivity contribution in [2.24, 2.45) is 0 Å². The molecule has 1 aliphatic heterocycles. The van der Waals surface area contributed by atoms with Crippen molar-refractivity contribution in [3.8, 4) is 0 Å². The first-order chi connectivity index (χ1) is 8.70. The van der Waals surface area contributed by atoms with Gasteiger partial charge in [-0.25, -0.2) is 0 Å². The van der Waals surface area contributed by atoms with Gasteiger partial charge in [0.05, 0.1) is 6.54 Å². The summed E-state index contributed by atoms with van der Waals surface area (Å²) in [6.45, 7) is 3.26. The normalized spacial score (nSPS) is 20.1. The lowest BCUT2D eigenvalue weighted by Gasteiger charge is -2.19. The zero-order valence-electron chi connectivity index (χ0n) is 10.5. The summed E-state index contributed by atoms with van der Waals surface area (Å²) in [6.07, 6.45) is 0.279. The maximum absolute atomic E-state index is 11.9. The predicted octanol–water partition coefficient (Wildman–Crippen LogP) is 1.39. The van der Waals surface area contributed by atoms with Crippen LogP contribution in [0.1, 0.15) is 18.9 Å². The number of likely N-dealkylation sites (N-methyl/N-ethyl adjacent to an activating group) is 1. The van der Waals surface area contributed by atoms with Crippen molar-refractivity contribution in [1.82, 2.24) is 4.90 Å². The topological polar surface area (TPSA) is 46.6 Å². The van der Waals surface area contributed by atoms with E-state index in [2.05, 4.69) is 0 Å². The zero-order chi connectivity index (χ0) is 13.0. The summed E-state index contributed by atoms with van der Waals surface area (Å²) in [7, 11) is 0. The second kappa shape index (κ2) is 5.78. The monoisotopic (exact) mass is 247 g/mol. The highest BCUT2D eigenvalue weighted by Crippen LogP contribution is 2.16. The number of benzene rings is 1. The summed E-state index contributed by atoms with van der Waals surface area (Å²) in [5.41, 5.74) is 0.957. The molecule has 0 amide bonds. The first-order valence-corrected chi connectivity index (χ1v) is 6.17. The van der Waals surface area contributed by atoms with Crippen molar-refractivity contribution in [3.05, 3.63) is 35.9 Å². The van der Waals surface area contributed by atoms with Gasteiger partial charge in [-0.15, -0.1) is 0 Å². The molecule has 0 bridgehead atoms. The number of likely N-dealkylation sites (tertiary alicyclic amines) is 1. The van der Waals surface area contributed by atoms with E-state index in [9.17, 15) is 9.59 Å². The third-order valence-electron chi connectivity index (χ3n) is 3.14. The van der Waals surface area contributed by atoms with Gasteiger partial charge in [-0.05, 0) is 12.1 Å². The molecule has 1 heterocycles. The number of ketones is 1. The van der Waals surface area contributed by atoms with Crippen LogP contribution in [0.4, 0.5) is 0 Å². The average Bonchev–Trinajstić information content (AvgIpc) is 2.78. The van der Waals surface area contributed by atoms with Crippen molar-refractivity contribution in [3.63, 3.8) is 0 Å². The quantitative estimate of drug-likeness (QED) is 0.754. The molecule has 0 N–H and O–H groups in total. The van der Waals surface area contributed by atoms with Crippen LogP contribution in [-0.2, 0) is 20.9 Å². The summed E-state index contributed by atoms with van der Waals surface area (Å²) < 4.78 is 5.26. The summed E-state index contributed by atoms with van der Waals surface area (Å²) in [5, 5.41) is 0. The first kappa shape index (κ1) is 12.8. The van der Waals surface area contributed by atoms with Gasteiger partial charge in [0.25, 0.3) is 0 Å². The second-order valence-electron chi connectivity index (χ2n) is 4.42. The fraction of sp³-hybridized carbons (Fsp3) is 0.429. The minimum atomic E-state index is -0.397. The fourth-order valence-electron chi connectivity index (χ4n) is 2.14. The SMILES string of the molecule is CCN1CC(=O)CC1C(=O)OCc1ccccc1. The van der Waals surface area contributed by atoms with Gasteiger partial charge in [0, 0.05) is 6.42 Å². The number of hydrogen-bond donors (Lipinski definition) is 0. The Kier molecular flexibility index (Phi) is 4.10. The summed E-state index contributed by atoms with van der Waals surface area (Å²) >= 11 is 0. The maximum Gasteiger partial charge on any atom is 0.324 e. The van der Waals surface area contributed by atoms with Crippen LogP contribution in [-0.4, -0.2) is 35.8 Å². The van der Waals surface area contributed by atoms with E-state index in [1.54, 1.807) is 0 Å². The molecule has 1 fully saturated rings. The maximum atomic E-state index is 11.9. The van der Waals surface area contributed by atoms with Crippen LogP contribution in [0.25, 0.3) is 0 Å². The van der Waals surface area contributed by atoms with E-state index < -0.39 is 6.04 Å². The molecule has 2 rings (SSSR count). The third kappa shape index (κ3) is 2.96. The van der Waals surface area contributed by atoms with Gasteiger partial charge in [0.2, 0.25) is 0 Å². The van der Waals surface area contributed by atoms with Crippen molar-refractivity contribution < 1.29 is 14.3 Å². The molecule has 0 aliphatic carbocycles. The van der Waals surface area contributed by atoms with Gasteiger partial charge in [-0.1, -0.05) is 37.3 Å². The number of Topliss-reactive ketones (excluding diaryl/α,β-unsaturated/α-hetero) is 1. The van der Waals surface area contributed by atoms with Crippen LogP contribution >= 0.6 is 0 Å². The van der Waals surface area contributed by atoms with E-state index in [1.165, 1.54) is 0 Å². The highest BCUT2D eigenvalue weighted by Gasteiger charge is 2.35. The Balaban J connectivity index is 1.90. The van der Waals surface area contributed by atoms with Gasteiger partial charge in [0.15, 0.2) is 0 Å². The molecule has 1 atom stereocenters. The molecule has 1 aliphatic rings. The minimum absolute atomic E-state index is 0.110. The number of carbonyl (C=O) groups is 2. The van der Waals surface area contributed by atoms with Gasteiger partial charge < -0.3 is 4.74 Å². The Morgan fingerprint density at radius 1 is 1.39 bits per heavy atom. The Hall–Kier alpha value is -1.68. The Bertz CT molecular complexity index is 430. The average molecular weight is 247 g/mol. The summed E-state index contributed by atoms with van der Waals surface area (Å²) in [4.78, 5) is 25.1. The molecule has 1 aromatic rings. The molecular formula is C14H17NO3. The number of carbonyl (C=O) groups excluding carboxylic acids is 2. The van der Waals surface area contributed by atoms with Crippen LogP contribution in [0.2, 0.25) is 0 Å². The lowest BCUT2D eigenvalue weighted by Crippen LogP contribution is -2.37. The molecular weight excluding hydrogens is 230 g/mol. The van der Waals surface area contributed by atoms with Crippen molar-refractivity contribution in [2.45, 2.75) is 26.0 Å². The minimum Gasteiger partial charge on any atom is -0.460 e. The Morgan fingerprint density at radius 2 is 2.11 bits per heavy atom. The summed E-state index contributed by atoms with van der Waals surface area (Å²) in [6, 6.07) is 9.14. The van der Waals surface area contributed by atoms with Crippen LogP contribution in [0.5, 0.6) is 0 Å². The highest BCUT2D eigenvalue weighted by molar-refractivity contribution is 5.91. The number of esters is 1. The lowest BCUT2D eigenvalue weighted by molar-refractivity contribution is -0.150. The molecule has 0 spiro atoms. The van der Waals surface area contributed by atoms with Gasteiger partial charge in [-0.3, -0.25) is 14.5 Å². The molecule has 0 aromatic heterocycles. The lowest BCUT2D eigenvalue weighted by atomic mass is 10.2. The predicted molar refractivity (Wildman–Crippen MR) is 66.9 cm³/mol. The van der Waals surface area contributed by atoms with E-state index in [1.807, 2.05) is 42.2 Å². The zero-order valence-corrected chi connectivity index (χ0v) is 10.5. The molecule has 0 radical (unpaired) electrons. The van der Waals surface area contributed by atoms with Crippen molar-refractivity contribution in [1.29, 1.82) is 0 Å². The molecule has 0 saturated carbocycles. The van der Waals surface area contributed by atoms with E-state index >= 15 is 0 Å². The van der Waals surface area contributed by atoms with E-state index in [4.69, 9.17) is 4.74 Å². The van der Waals surface area contributed by atoms with E-state index in [0.29, 0.717) is 13.1 Å². The van der Waals surface area contributed by atoms with Gasteiger partial charge in [0.1, 0.15) is 18.4 Å². The van der Waals surface area contributed by atoms with Crippen LogP contribution in [0.15, 0.2) is 30.3 Å². The van der Waals surface area contributed by atoms with E-state index in [0.717, 1.165) is 5.56 Å². The third-order valence-corrected chi connectivity index (χ3v) is 3.14. The van der Waals surface area contributed by atoms with Gasteiger partial charge in [-0.2, -0.15) is 0 Å². The number of hydrogen-bond acceptors (Lipinski definition) is 4. The molecule has 4 nitrogen and oxygen atoms in total. The molecule has 1 unspecified atom stereocenters. The molecule has 4 heteroatoms. The standard InChI is InChI=1S/C14H17NO3/c1-2-15-9-12(16)8-13(15)14(17)18-10-11-6-4-3-5-7-11/h3-7,13H,2,8-10H2,1H3. The molecule has 1 saturated heterocycles. The Morgan fingerprint density at radius 3 is 2.78 bits per heavy atom. The van der Waals surface area contributed by atoms with Gasteiger partial charge >= 0.3 is 5.97 Å². The number of ether oxygens (including phenoxy) is 1. The van der Waals surface area contributed by atoms with Crippen molar-refractivity contribution in [2.75, 3.05) is 13.1 Å². The number of rotatable bonds is 4. The van der Waals surface area contributed by atoms with E-state index in [-0.39, 0.29) is 24.8 Å². The van der Waals surface area contributed by atoms with Crippen molar-refractivity contribution >= 4 is 11.8 Å². The smallest absolute Gasteiger partial charge is 0.324 e.